The lowest BCUT2D eigenvalue weighted by atomic mass is 10.1. The molecule has 39 heavy (non-hydrogen) atoms. The number of halogens is 2. The average Bonchev–Trinajstić information content (AvgIpc) is 3.35. The summed E-state index contributed by atoms with van der Waals surface area (Å²) in [4.78, 5) is 36.7. The quantitative estimate of drug-likeness (QED) is 0.163. The fourth-order valence-electron chi connectivity index (χ4n) is 3.85. The number of nitrogens with zero attached hydrogens (tertiary/aromatic N) is 3. The van der Waals surface area contributed by atoms with Crippen LogP contribution in [0.1, 0.15) is 58.4 Å². The molecule has 2 amide bonds. The molecule has 2 heterocycles. The number of nitrogen functional groups attached to an aromatic ring is 1. The SMILES string of the molecule is CC(C)(C)OC(=O)N1CCN=C1NCCCCNC(=O)C(Cc1cc(Cl)c(N)c(Cl)c1)=NOC1CCCCO1. The Balaban J connectivity index is 1.48. The van der Waals surface area contributed by atoms with E-state index in [1.54, 1.807) is 12.1 Å². The van der Waals surface area contributed by atoms with Crippen LogP contribution < -0.4 is 16.4 Å². The second kappa shape index (κ2) is 14.6. The van der Waals surface area contributed by atoms with Gasteiger partial charge in [0.25, 0.3) is 5.91 Å². The van der Waals surface area contributed by atoms with Crippen LogP contribution in [0, 0.1) is 0 Å². The predicted octanol–water partition coefficient (Wildman–Crippen LogP) is 4.11. The normalized spacial score (nSPS) is 18.0. The zero-order chi connectivity index (χ0) is 28.4. The molecule has 0 bridgehead atoms. The van der Waals surface area contributed by atoms with Gasteiger partial charge in [-0.05, 0) is 64.2 Å². The van der Waals surface area contributed by atoms with Gasteiger partial charge in [0.2, 0.25) is 12.2 Å². The molecule has 0 aromatic heterocycles. The molecule has 2 aliphatic rings. The number of anilines is 1. The fourth-order valence-corrected chi connectivity index (χ4v) is 4.38. The fraction of sp³-hybridized carbons (Fsp3) is 0.615. The van der Waals surface area contributed by atoms with Gasteiger partial charge in [-0.15, -0.1) is 0 Å². The third kappa shape index (κ3) is 10.1. The van der Waals surface area contributed by atoms with Crippen LogP contribution in [-0.2, 0) is 25.5 Å². The number of amides is 2. The van der Waals surface area contributed by atoms with Crippen molar-refractivity contribution in [3.05, 3.63) is 27.7 Å². The number of hydrogen-bond acceptors (Lipinski definition) is 9. The van der Waals surface area contributed by atoms with Crippen LogP contribution in [0.3, 0.4) is 0 Å². The van der Waals surface area contributed by atoms with Gasteiger partial charge < -0.3 is 30.7 Å². The summed E-state index contributed by atoms with van der Waals surface area (Å²) in [7, 11) is 0. The van der Waals surface area contributed by atoms with Crippen LogP contribution in [0.5, 0.6) is 0 Å². The van der Waals surface area contributed by atoms with E-state index in [0.29, 0.717) is 67.2 Å². The number of aliphatic imine (C=N–C) groups is 1. The average molecular weight is 586 g/mol. The number of rotatable bonds is 10. The number of carbonyl (C=O) groups excluding carboxylic acids is 2. The highest BCUT2D eigenvalue weighted by Crippen LogP contribution is 2.29. The molecule has 1 fully saturated rings. The summed E-state index contributed by atoms with van der Waals surface area (Å²) in [5.74, 6) is 0.143. The smallest absolute Gasteiger partial charge is 0.417 e. The van der Waals surface area contributed by atoms with Crippen molar-refractivity contribution >= 4 is 52.6 Å². The number of nitrogens with one attached hydrogen (secondary N) is 2. The van der Waals surface area contributed by atoms with Gasteiger partial charge in [-0.25, -0.2) is 9.69 Å². The number of guanidine groups is 1. The van der Waals surface area contributed by atoms with E-state index in [-0.39, 0.29) is 23.7 Å². The molecule has 13 heteroatoms. The molecule has 2 aliphatic heterocycles. The Hall–Kier alpha value is -2.76. The Bertz CT molecular complexity index is 1050. The van der Waals surface area contributed by atoms with E-state index < -0.39 is 18.0 Å². The highest BCUT2D eigenvalue weighted by atomic mass is 35.5. The Morgan fingerprint density at radius 3 is 2.59 bits per heavy atom. The van der Waals surface area contributed by atoms with Gasteiger partial charge in [0.05, 0.1) is 35.4 Å². The summed E-state index contributed by atoms with van der Waals surface area (Å²) in [6.07, 6.45) is 3.34. The Labute approximate surface area is 239 Å². The standard InChI is InChI=1S/C26H38Cl2N6O5/c1-26(2,3)38-25(36)34-12-11-32-24(34)31-10-6-5-9-30-23(35)20(33-39-21-8-4-7-13-37-21)16-17-14-18(27)22(29)19(28)15-17/h14-15,21H,4-13,16,29H2,1-3H3,(H,30,35)(H,31,32). The van der Waals surface area contributed by atoms with E-state index in [1.165, 1.54) is 4.90 Å². The van der Waals surface area contributed by atoms with Gasteiger partial charge in [0.15, 0.2) is 0 Å². The van der Waals surface area contributed by atoms with E-state index in [2.05, 4.69) is 20.8 Å². The highest BCUT2D eigenvalue weighted by Gasteiger charge is 2.28. The number of ether oxygens (including phenoxy) is 2. The molecule has 0 radical (unpaired) electrons. The summed E-state index contributed by atoms with van der Waals surface area (Å²) in [6.45, 7) is 8.08. The minimum Gasteiger partial charge on any atom is -0.443 e. The molecular formula is C26H38Cl2N6O5. The largest absolute Gasteiger partial charge is 0.443 e. The molecule has 0 saturated carbocycles. The lowest BCUT2D eigenvalue weighted by Crippen LogP contribution is -2.45. The topological polar surface area (TPSA) is 140 Å². The number of hydrogen-bond donors (Lipinski definition) is 3. The molecule has 1 saturated heterocycles. The molecule has 1 aromatic carbocycles. The van der Waals surface area contributed by atoms with Crippen molar-refractivity contribution in [3.63, 3.8) is 0 Å². The Morgan fingerprint density at radius 2 is 1.92 bits per heavy atom. The molecule has 1 atom stereocenters. The number of carbonyl (C=O) groups is 2. The van der Waals surface area contributed by atoms with Crippen molar-refractivity contribution in [2.45, 2.75) is 71.2 Å². The first kappa shape index (κ1) is 30.8. The maximum absolute atomic E-state index is 13.0. The van der Waals surface area contributed by atoms with E-state index in [9.17, 15) is 9.59 Å². The van der Waals surface area contributed by atoms with Gasteiger partial charge in [0.1, 0.15) is 11.3 Å². The summed E-state index contributed by atoms with van der Waals surface area (Å²) >= 11 is 12.3. The molecular weight excluding hydrogens is 547 g/mol. The Kier molecular flexibility index (Phi) is 11.5. The first-order valence-electron chi connectivity index (χ1n) is 13.2. The van der Waals surface area contributed by atoms with Gasteiger partial charge in [-0.1, -0.05) is 28.4 Å². The van der Waals surface area contributed by atoms with Crippen molar-refractivity contribution in [3.8, 4) is 0 Å². The van der Waals surface area contributed by atoms with Crippen LogP contribution >= 0.6 is 23.2 Å². The number of unbranched alkanes of at least 4 members (excludes halogenated alkanes) is 1. The van der Waals surface area contributed by atoms with Crippen molar-refractivity contribution < 1.29 is 23.9 Å². The van der Waals surface area contributed by atoms with Gasteiger partial charge in [-0.2, -0.15) is 0 Å². The molecule has 3 rings (SSSR count). The monoisotopic (exact) mass is 584 g/mol. The molecule has 0 aliphatic carbocycles. The van der Waals surface area contributed by atoms with Crippen LogP contribution in [0.4, 0.5) is 10.5 Å². The van der Waals surface area contributed by atoms with E-state index in [0.717, 1.165) is 19.3 Å². The minimum atomic E-state index is -0.577. The van der Waals surface area contributed by atoms with Crippen molar-refractivity contribution in [1.82, 2.24) is 15.5 Å². The lowest BCUT2D eigenvalue weighted by molar-refractivity contribution is -0.162. The van der Waals surface area contributed by atoms with Crippen molar-refractivity contribution in [1.29, 1.82) is 0 Å². The van der Waals surface area contributed by atoms with E-state index in [4.69, 9.17) is 43.2 Å². The molecule has 1 unspecified atom stereocenters. The molecule has 1 aromatic rings. The molecule has 4 N–H and O–H groups in total. The van der Waals surface area contributed by atoms with Crippen molar-refractivity contribution in [2.24, 2.45) is 10.1 Å². The predicted molar refractivity (Wildman–Crippen MR) is 152 cm³/mol. The zero-order valence-corrected chi connectivity index (χ0v) is 24.2. The lowest BCUT2D eigenvalue weighted by Gasteiger charge is -2.25. The summed E-state index contributed by atoms with van der Waals surface area (Å²) in [5.41, 5.74) is 6.39. The van der Waals surface area contributed by atoms with Gasteiger partial charge >= 0.3 is 6.09 Å². The van der Waals surface area contributed by atoms with Crippen molar-refractivity contribution in [2.75, 3.05) is 38.5 Å². The maximum Gasteiger partial charge on any atom is 0.417 e. The van der Waals surface area contributed by atoms with Crippen LogP contribution in [-0.4, -0.2) is 73.2 Å². The zero-order valence-electron chi connectivity index (χ0n) is 22.7. The van der Waals surface area contributed by atoms with E-state index >= 15 is 0 Å². The third-order valence-corrected chi connectivity index (χ3v) is 6.44. The molecule has 0 spiro atoms. The summed E-state index contributed by atoms with van der Waals surface area (Å²) in [6, 6.07) is 3.31. The minimum absolute atomic E-state index is 0.153. The van der Waals surface area contributed by atoms with Gasteiger partial charge in [0, 0.05) is 25.9 Å². The summed E-state index contributed by atoms with van der Waals surface area (Å²) in [5, 5.41) is 10.8. The van der Waals surface area contributed by atoms with Gasteiger partial charge in [-0.3, -0.25) is 9.79 Å². The Morgan fingerprint density at radius 1 is 1.21 bits per heavy atom. The molecule has 11 nitrogen and oxygen atoms in total. The van der Waals surface area contributed by atoms with E-state index in [1.807, 2.05) is 20.8 Å². The van der Waals surface area contributed by atoms with Crippen LogP contribution in [0.25, 0.3) is 0 Å². The number of oxime groups is 1. The second-order valence-corrected chi connectivity index (χ2v) is 11.1. The summed E-state index contributed by atoms with van der Waals surface area (Å²) < 4.78 is 11.0. The first-order chi connectivity index (χ1) is 18.5. The third-order valence-electron chi connectivity index (χ3n) is 5.82. The number of benzene rings is 1. The maximum atomic E-state index is 13.0. The van der Waals surface area contributed by atoms with Crippen LogP contribution in [0.2, 0.25) is 10.0 Å². The number of nitrogens with two attached hydrogens (primary N) is 1. The van der Waals surface area contributed by atoms with Crippen LogP contribution in [0.15, 0.2) is 22.3 Å². The second-order valence-electron chi connectivity index (χ2n) is 10.3. The first-order valence-corrected chi connectivity index (χ1v) is 13.9. The molecule has 216 valence electrons. The highest BCUT2D eigenvalue weighted by molar-refractivity contribution is 6.40.